The molecule has 11 heteroatoms. The van der Waals surface area contributed by atoms with Gasteiger partial charge >= 0.3 is 5.97 Å². The molecule has 0 atom stereocenters. The molecule has 184 valence electrons. The van der Waals surface area contributed by atoms with Gasteiger partial charge < -0.3 is 24.8 Å². The maximum Gasteiger partial charge on any atom is 0.343 e. The Morgan fingerprint density at radius 2 is 2.00 bits per heavy atom. The Kier molecular flexibility index (Phi) is 6.46. The van der Waals surface area contributed by atoms with Crippen molar-refractivity contribution in [1.29, 1.82) is 0 Å². The summed E-state index contributed by atoms with van der Waals surface area (Å²) in [6.45, 7) is 2.70. The van der Waals surface area contributed by atoms with Crippen molar-refractivity contribution >= 4 is 29.1 Å². The van der Waals surface area contributed by atoms with E-state index in [1.54, 1.807) is 32.1 Å². The number of hydrogen-bond donors (Lipinski definition) is 2. The number of nitrogens with zero attached hydrogens (tertiary/aromatic N) is 5. The lowest BCUT2D eigenvalue weighted by Crippen LogP contribution is -2.12. The lowest BCUT2D eigenvalue weighted by Gasteiger charge is -2.18. The number of fused-ring (bicyclic) bond motifs is 6. The van der Waals surface area contributed by atoms with E-state index >= 15 is 0 Å². The summed E-state index contributed by atoms with van der Waals surface area (Å²) in [5.41, 5.74) is 4.05. The first kappa shape index (κ1) is 23.2. The van der Waals surface area contributed by atoms with Gasteiger partial charge in [0.1, 0.15) is 11.9 Å². The Bertz CT molecular complexity index is 1420. The number of carbonyl (C=O) groups is 1. The Morgan fingerprint density at radius 3 is 2.78 bits per heavy atom. The molecule has 6 bridgehead atoms. The summed E-state index contributed by atoms with van der Waals surface area (Å²) >= 11 is 0. The fourth-order valence-electron chi connectivity index (χ4n) is 3.89. The third-order valence-corrected chi connectivity index (χ3v) is 5.45. The van der Waals surface area contributed by atoms with Crippen molar-refractivity contribution in [2.24, 2.45) is 7.05 Å². The van der Waals surface area contributed by atoms with Gasteiger partial charge in [0.25, 0.3) is 0 Å². The van der Waals surface area contributed by atoms with Crippen LogP contribution in [0.3, 0.4) is 0 Å². The van der Waals surface area contributed by atoms with Crippen molar-refractivity contribution in [3.8, 4) is 17.1 Å². The highest BCUT2D eigenvalue weighted by molar-refractivity contribution is 5.96. The Labute approximate surface area is 207 Å². The molecule has 0 unspecified atom stereocenters. The zero-order valence-electron chi connectivity index (χ0n) is 20.1. The number of nitrogens with one attached hydrogen (secondary N) is 2. The van der Waals surface area contributed by atoms with Crippen molar-refractivity contribution in [2.45, 2.75) is 20.1 Å². The Balaban J connectivity index is 1.68. The van der Waals surface area contributed by atoms with Crippen molar-refractivity contribution in [2.75, 3.05) is 24.4 Å². The highest BCUT2D eigenvalue weighted by atomic mass is 16.5. The van der Waals surface area contributed by atoms with Crippen LogP contribution in [0.5, 0.6) is 5.75 Å². The third-order valence-electron chi connectivity index (χ3n) is 5.45. The van der Waals surface area contributed by atoms with Gasteiger partial charge in [-0.05, 0) is 42.3 Å². The number of hydrogen-bond acceptors (Lipinski definition) is 10. The zero-order valence-corrected chi connectivity index (χ0v) is 20.1. The van der Waals surface area contributed by atoms with E-state index in [0.29, 0.717) is 42.0 Å². The minimum atomic E-state index is -0.542. The summed E-state index contributed by atoms with van der Waals surface area (Å²) in [6.07, 6.45) is 3.05. The molecule has 4 aromatic rings. The molecule has 2 aromatic heterocycles. The van der Waals surface area contributed by atoms with E-state index < -0.39 is 5.97 Å². The van der Waals surface area contributed by atoms with E-state index in [2.05, 4.69) is 30.7 Å². The molecule has 1 aliphatic heterocycles. The summed E-state index contributed by atoms with van der Waals surface area (Å²) in [7, 11) is 3.36. The largest absolute Gasteiger partial charge is 0.494 e. The second kappa shape index (κ2) is 10.0. The maximum atomic E-state index is 12.7. The minimum Gasteiger partial charge on any atom is -0.494 e. The first-order valence-corrected chi connectivity index (χ1v) is 11.4. The van der Waals surface area contributed by atoms with E-state index in [0.717, 1.165) is 16.8 Å². The molecule has 1 aliphatic rings. The smallest absolute Gasteiger partial charge is 0.343 e. The third kappa shape index (κ3) is 4.82. The molecular formula is C25H25N7O4. The molecule has 3 heterocycles. The second-order valence-electron chi connectivity index (χ2n) is 8.09. The quantitative estimate of drug-likeness (QED) is 0.408. The van der Waals surface area contributed by atoms with Crippen molar-refractivity contribution < 1.29 is 19.0 Å². The van der Waals surface area contributed by atoms with Crippen molar-refractivity contribution in [1.82, 2.24) is 24.7 Å². The summed E-state index contributed by atoms with van der Waals surface area (Å²) in [4.78, 5) is 26.0. The second-order valence-corrected chi connectivity index (χ2v) is 8.09. The fraction of sp³-hybridized carbons (Fsp3) is 0.240. The lowest BCUT2D eigenvalue weighted by atomic mass is 10.1. The van der Waals surface area contributed by atoms with Crippen molar-refractivity contribution in [3.05, 3.63) is 65.6 Å². The average molecular weight is 488 g/mol. The van der Waals surface area contributed by atoms with Gasteiger partial charge in [-0.25, -0.2) is 14.8 Å². The van der Waals surface area contributed by atoms with Gasteiger partial charge in [-0.2, -0.15) is 10.1 Å². The molecule has 0 saturated carbocycles. The minimum absolute atomic E-state index is 0.185. The standard InChI is InChI=1S/C25H25N7O4/c1-4-36-24(33)19-11-26-25-28-17-7-5-6-15(8-17)12-35-13-16-9-18(22-27-14-32(2)31-22)21(34-3)20(10-16)29-23(19)30-25/h5-11,14H,4,12-13H2,1-3H3,(H2,26,28,29,30). The van der Waals surface area contributed by atoms with Gasteiger partial charge in [-0.15, -0.1) is 0 Å². The molecule has 2 aromatic carbocycles. The molecule has 0 amide bonds. The lowest BCUT2D eigenvalue weighted by molar-refractivity contribution is 0.0526. The maximum absolute atomic E-state index is 12.7. The van der Waals surface area contributed by atoms with Crippen LogP contribution in [0.4, 0.5) is 23.1 Å². The summed E-state index contributed by atoms with van der Waals surface area (Å²) in [6, 6.07) is 11.6. The van der Waals surface area contributed by atoms with Gasteiger partial charge in [0, 0.05) is 18.9 Å². The molecule has 0 spiro atoms. The van der Waals surface area contributed by atoms with Crippen LogP contribution < -0.4 is 15.4 Å². The molecule has 2 N–H and O–H groups in total. The number of benzene rings is 2. The van der Waals surface area contributed by atoms with Gasteiger partial charge in [0.05, 0.1) is 38.2 Å². The molecule has 0 fully saturated rings. The van der Waals surface area contributed by atoms with Crippen LogP contribution in [-0.2, 0) is 29.7 Å². The number of ether oxygens (including phenoxy) is 3. The topological polar surface area (TPSA) is 125 Å². The van der Waals surface area contributed by atoms with Crippen LogP contribution >= 0.6 is 0 Å². The van der Waals surface area contributed by atoms with Gasteiger partial charge in [-0.1, -0.05) is 12.1 Å². The van der Waals surface area contributed by atoms with Gasteiger partial charge in [0.15, 0.2) is 17.4 Å². The van der Waals surface area contributed by atoms with Crippen molar-refractivity contribution in [3.63, 3.8) is 0 Å². The van der Waals surface area contributed by atoms with Crippen LogP contribution in [0.2, 0.25) is 0 Å². The fourth-order valence-corrected chi connectivity index (χ4v) is 3.89. The summed E-state index contributed by atoms with van der Waals surface area (Å²) in [5.74, 6) is 1.01. The highest BCUT2D eigenvalue weighted by Gasteiger charge is 2.21. The normalized spacial score (nSPS) is 12.6. The van der Waals surface area contributed by atoms with E-state index in [-0.39, 0.29) is 18.0 Å². The van der Waals surface area contributed by atoms with Crippen LogP contribution in [0, 0.1) is 0 Å². The molecule has 0 radical (unpaired) electrons. The molecule has 36 heavy (non-hydrogen) atoms. The molecule has 0 aliphatic carbocycles. The molecule has 11 nitrogen and oxygen atoms in total. The number of methoxy groups -OCH3 is 1. The monoisotopic (exact) mass is 487 g/mol. The van der Waals surface area contributed by atoms with Gasteiger partial charge in [-0.3, -0.25) is 4.68 Å². The predicted molar refractivity (Wildman–Crippen MR) is 132 cm³/mol. The number of esters is 1. The number of aryl methyl sites for hydroxylation is 1. The number of anilines is 4. The van der Waals surface area contributed by atoms with E-state index in [4.69, 9.17) is 14.2 Å². The van der Waals surface area contributed by atoms with Crippen LogP contribution in [0.15, 0.2) is 48.9 Å². The highest BCUT2D eigenvalue weighted by Crippen LogP contribution is 2.39. The number of rotatable bonds is 4. The van der Waals surface area contributed by atoms with Crippen LogP contribution in [-0.4, -0.2) is 44.4 Å². The van der Waals surface area contributed by atoms with E-state index in [9.17, 15) is 4.79 Å². The number of carbonyl (C=O) groups excluding carboxylic acids is 1. The first-order valence-electron chi connectivity index (χ1n) is 11.4. The SMILES string of the molecule is CCOC(=O)c1cnc2nc1Nc1cc(cc(-c3ncn(C)n3)c1OC)COCc1cccc(c1)N2. The molecule has 0 saturated heterocycles. The average Bonchev–Trinajstić information content (AvgIpc) is 3.30. The summed E-state index contributed by atoms with van der Waals surface area (Å²) < 4.78 is 18.6. The first-order chi connectivity index (χ1) is 17.5. The van der Waals surface area contributed by atoms with E-state index in [1.165, 1.54) is 6.20 Å². The van der Waals surface area contributed by atoms with Crippen LogP contribution in [0.25, 0.3) is 11.4 Å². The van der Waals surface area contributed by atoms with Gasteiger partial charge in [0.2, 0.25) is 5.95 Å². The predicted octanol–water partition coefficient (Wildman–Crippen LogP) is 3.97. The summed E-state index contributed by atoms with van der Waals surface area (Å²) in [5, 5.41) is 10.9. The molecule has 5 rings (SSSR count). The number of aromatic nitrogens is 5. The van der Waals surface area contributed by atoms with Crippen LogP contribution in [0.1, 0.15) is 28.4 Å². The van der Waals surface area contributed by atoms with E-state index in [1.807, 2.05) is 36.4 Å². The molecular weight excluding hydrogens is 462 g/mol. The Morgan fingerprint density at radius 1 is 1.14 bits per heavy atom. The Hall–Kier alpha value is -4.51. The zero-order chi connectivity index (χ0) is 25.1.